The highest BCUT2D eigenvalue weighted by atomic mass is 19.3. The zero-order valence-electron chi connectivity index (χ0n) is 3.96. The molecule has 1 rings (SSSR count). The van der Waals surface area contributed by atoms with Gasteiger partial charge in [0.2, 0.25) is 0 Å². The smallest absolute Gasteiger partial charge is 0.202 e. The Bertz CT molecular complexity index is 95.9. The second kappa shape index (κ2) is 1.18. The van der Waals surface area contributed by atoms with Crippen molar-refractivity contribution in [1.29, 1.82) is 0 Å². The van der Waals surface area contributed by atoms with Crippen LogP contribution in [0.1, 0.15) is 12.8 Å². The lowest BCUT2D eigenvalue weighted by molar-refractivity contribution is -0.340. The topological polar surface area (TPSA) is 19.9 Å². The summed E-state index contributed by atoms with van der Waals surface area (Å²) >= 11 is 0. The first kappa shape index (κ1) is 5.88. The third-order valence-electron chi connectivity index (χ3n) is 1.31. The Hall–Kier alpha value is -0.250. The fourth-order valence-electron chi connectivity index (χ4n) is 0.511. The molecule has 47 valence electrons. The molecule has 1 radical (unpaired) electrons. The van der Waals surface area contributed by atoms with Crippen LogP contribution in [-0.4, -0.2) is 11.8 Å². The Morgan fingerprint density at radius 3 is 1.50 bits per heavy atom. The maximum atomic E-state index is 11.7. The first-order chi connectivity index (χ1) is 3.46. The van der Waals surface area contributed by atoms with Crippen LogP contribution in [0.15, 0.2) is 0 Å². The van der Waals surface area contributed by atoms with Crippen LogP contribution < -0.4 is 0 Å². The average Bonchev–Trinajstić information content (AvgIpc) is 1.64. The van der Waals surface area contributed by atoms with E-state index >= 15 is 0 Å². The fraction of sp³-hybridized carbons (Fsp3) is 1.00. The Morgan fingerprint density at radius 1 is 1.12 bits per heavy atom. The number of rotatable bonds is 0. The molecule has 0 aromatic rings. The summed E-state index contributed by atoms with van der Waals surface area (Å²) in [7, 11) is 0. The fourth-order valence-corrected chi connectivity index (χ4v) is 0.511. The van der Waals surface area contributed by atoms with E-state index in [4.69, 9.17) is 0 Å². The van der Waals surface area contributed by atoms with Crippen molar-refractivity contribution in [3.63, 3.8) is 0 Å². The third-order valence-corrected chi connectivity index (χ3v) is 1.31. The molecule has 0 N–H and O–H groups in total. The van der Waals surface area contributed by atoms with Gasteiger partial charge in [-0.15, -0.1) is 0 Å². The van der Waals surface area contributed by atoms with Gasteiger partial charge in [-0.2, -0.15) is 5.11 Å². The quantitative estimate of drug-likeness (QED) is 0.467. The Labute approximate surface area is 44.1 Å². The van der Waals surface area contributed by atoms with Crippen LogP contribution in [0.3, 0.4) is 0 Å². The maximum absolute atomic E-state index is 11.7. The van der Waals surface area contributed by atoms with E-state index < -0.39 is 24.6 Å². The summed E-state index contributed by atoms with van der Waals surface area (Å²) in [6.07, 6.45) is -1.16. The first-order valence-electron chi connectivity index (χ1n) is 2.23. The summed E-state index contributed by atoms with van der Waals surface area (Å²) in [6.45, 7) is 0. The Balaban J connectivity index is 2.63. The van der Waals surface area contributed by atoms with Gasteiger partial charge in [0.05, 0.1) is 0 Å². The lowest BCUT2D eigenvalue weighted by Crippen LogP contribution is -2.52. The van der Waals surface area contributed by atoms with Crippen molar-refractivity contribution in [2.45, 2.75) is 24.6 Å². The van der Waals surface area contributed by atoms with Gasteiger partial charge in [-0.1, -0.05) is 0 Å². The molecule has 0 bridgehead atoms. The molecule has 0 aromatic heterocycles. The van der Waals surface area contributed by atoms with Gasteiger partial charge in [0.15, 0.2) is 0 Å². The molecule has 8 heavy (non-hydrogen) atoms. The molecule has 1 saturated carbocycles. The van der Waals surface area contributed by atoms with Crippen molar-refractivity contribution in [2.24, 2.45) is 0 Å². The monoisotopic (exact) mass is 125 g/mol. The zero-order chi connectivity index (χ0) is 6.41. The second-order valence-corrected chi connectivity index (χ2v) is 1.93. The van der Waals surface area contributed by atoms with E-state index in [2.05, 4.69) is 0 Å². The highest BCUT2D eigenvalue weighted by Crippen LogP contribution is 2.48. The van der Waals surface area contributed by atoms with Gasteiger partial charge >= 0.3 is 11.8 Å². The summed E-state index contributed by atoms with van der Waals surface area (Å²) in [4.78, 5) is 0. The predicted octanol–water partition coefficient (Wildman–Crippen LogP) is 1.51. The van der Waals surface area contributed by atoms with Crippen molar-refractivity contribution < 1.29 is 18.3 Å². The van der Waals surface area contributed by atoms with Crippen LogP contribution in [0, 0.1) is 0 Å². The summed E-state index contributed by atoms with van der Waals surface area (Å²) in [5, 5.41) is 9.80. The minimum absolute atomic E-state index is 0.556. The molecule has 0 amide bonds. The maximum Gasteiger partial charge on any atom is 0.308 e. The van der Waals surface area contributed by atoms with E-state index in [9.17, 15) is 18.3 Å². The highest BCUT2D eigenvalue weighted by molar-refractivity contribution is 4.94. The molecule has 1 fully saturated rings. The minimum atomic E-state index is -3.60. The van der Waals surface area contributed by atoms with Crippen molar-refractivity contribution in [2.75, 3.05) is 0 Å². The molecular weight excluding hydrogens is 121 g/mol. The van der Waals surface area contributed by atoms with Gasteiger partial charge in [0.1, 0.15) is 0 Å². The van der Waals surface area contributed by atoms with E-state index in [1.54, 1.807) is 0 Å². The van der Waals surface area contributed by atoms with Crippen molar-refractivity contribution in [3.8, 4) is 0 Å². The van der Waals surface area contributed by atoms with Gasteiger partial charge < -0.3 is 0 Å². The summed E-state index contributed by atoms with van der Waals surface area (Å²) < 4.78 is 34.9. The first-order valence-corrected chi connectivity index (χ1v) is 2.23. The van der Waals surface area contributed by atoms with Crippen molar-refractivity contribution in [3.05, 3.63) is 0 Å². The number of halogens is 3. The van der Waals surface area contributed by atoms with Crippen molar-refractivity contribution in [1.82, 2.24) is 0 Å². The van der Waals surface area contributed by atoms with Gasteiger partial charge in [0.25, 0.3) is 0 Å². The lowest BCUT2D eigenvalue weighted by Gasteiger charge is -2.35. The van der Waals surface area contributed by atoms with Crippen molar-refractivity contribution >= 4 is 0 Å². The normalized spacial score (nSPS) is 43.5. The molecule has 1 nitrogen and oxygen atoms in total. The van der Waals surface area contributed by atoms with Gasteiger partial charge in [0, 0.05) is 12.8 Å². The van der Waals surface area contributed by atoms with E-state index in [1.165, 1.54) is 0 Å². The van der Waals surface area contributed by atoms with E-state index in [0.717, 1.165) is 0 Å². The van der Waals surface area contributed by atoms with Crippen LogP contribution in [0.5, 0.6) is 0 Å². The molecule has 0 spiro atoms. The second-order valence-electron chi connectivity index (χ2n) is 1.93. The van der Waals surface area contributed by atoms with E-state index in [-0.39, 0.29) is 0 Å². The molecule has 0 saturated heterocycles. The predicted molar refractivity (Wildman–Crippen MR) is 18.7 cm³/mol. The standard InChI is InChI=1S/C4H4F3O/c5-3(6)1-2-4(3,7)8/h1-2H2. The number of hydrogen-bond acceptors (Lipinski definition) is 0. The minimum Gasteiger partial charge on any atom is -0.202 e. The van der Waals surface area contributed by atoms with Gasteiger partial charge in [-0.05, 0) is 0 Å². The molecule has 0 aliphatic heterocycles. The number of alkyl halides is 3. The molecule has 1 aliphatic rings. The van der Waals surface area contributed by atoms with Crippen LogP contribution in [0.2, 0.25) is 0 Å². The molecule has 1 aliphatic carbocycles. The number of hydrogen-bond donors (Lipinski definition) is 0. The van der Waals surface area contributed by atoms with E-state index in [1.807, 2.05) is 0 Å². The average molecular weight is 125 g/mol. The largest absolute Gasteiger partial charge is 0.308 e. The summed E-state index contributed by atoms with van der Waals surface area (Å²) in [5.41, 5.74) is 0. The summed E-state index contributed by atoms with van der Waals surface area (Å²) in [5.74, 6) is -7.07. The molecule has 4 heteroatoms. The molecule has 0 aromatic carbocycles. The molecule has 1 atom stereocenters. The third kappa shape index (κ3) is 0.523. The SMILES string of the molecule is [O]C1(F)CCC1(F)F. The van der Waals surface area contributed by atoms with Crippen LogP contribution in [-0.2, 0) is 5.11 Å². The van der Waals surface area contributed by atoms with Crippen LogP contribution >= 0.6 is 0 Å². The van der Waals surface area contributed by atoms with Crippen LogP contribution in [0.4, 0.5) is 13.2 Å². The molecule has 1 unspecified atom stereocenters. The van der Waals surface area contributed by atoms with Gasteiger partial charge in [-0.25, -0.2) is 13.2 Å². The Kier molecular flexibility index (Phi) is 0.867. The summed E-state index contributed by atoms with van der Waals surface area (Å²) in [6, 6.07) is 0. The van der Waals surface area contributed by atoms with E-state index in [0.29, 0.717) is 0 Å². The lowest BCUT2D eigenvalue weighted by atomic mass is 9.88. The molecular formula is C4H4F3O. The Morgan fingerprint density at radius 2 is 1.50 bits per heavy atom. The van der Waals surface area contributed by atoms with Crippen LogP contribution in [0.25, 0.3) is 0 Å². The zero-order valence-corrected chi connectivity index (χ0v) is 3.96. The highest BCUT2D eigenvalue weighted by Gasteiger charge is 2.64. The van der Waals surface area contributed by atoms with Gasteiger partial charge in [-0.3, -0.25) is 0 Å². The molecule has 0 heterocycles.